The number of furan rings is 1. The summed E-state index contributed by atoms with van der Waals surface area (Å²) < 4.78 is 14.2. The lowest BCUT2D eigenvalue weighted by Gasteiger charge is -2.31. The van der Waals surface area contributed by atoms with Crippen LogP contribution in [0.25, 0.3) is 76.5 Å². The molecular weight excluding hydrogens is 909 g/mol. The maximum atomic E-state index is 7.33. The lowest BCUT2D eigenvalue weighted by molar-refractivity contribution is 0.487. The van der Waals surface area contributed by atoms with Crippen molar-refractivity contribution < 1.29 is 9.15 Å². The maximum absolute atomic E-state index is 7.33. The van der Waals surface area contributed by atoms with Gasteiger partial charge in [0.05, 0.1) is 33.2 Å². The number of nitrogens with zero attached hydrogens (tertiary/aromatic N) is 2. The van der Waals surface area contributed by atoms with Crippen LogP contribution in [0.15, 0.2) is 223 Å². The number of ether oxygens (including phenoxy) is 1. The third-order valence-corrected chi connectivity index (χ3v) is 18.8. The van der Waals surface area contributed by atoms with Gasteiger partial charge < -0.3 is 19.0 Å². The molecule has 0 saturated heterocycles. The second kappa shape index (κ2) is 16.7. The molecule has 13 rings (SSSR count). The lowest BCUT2D eigenvalue weighted by atomic mass is 9.88. The number of hydrogen-bond donors (Lipinski definition) is 0. The standard InChI is InChI=1S/C66H54N2O2Si2/c1-71(2,3)47-34-36-50-54(38-47)55-41-58-52-35-33-46(67(44-23-12-8-13-24-44)59-30-18-16-27-49(59)43-21-10-7-11-22-43)37-63(52)69-64-40-48(72(4,5)6)39-57(65(58)64)56(55)42-61(50)68(45-25-14-9-15-26-45)60-31-20-29-53-51-28-17-19-32-62(51)70-66(53)60/h7-42H,1-6H3. The van der Waals surface area contributed by atoms with Crippen LogP contribution in [-0.2, 0) is 0 Å². The number of rotatable bonds is 9. The van der Waals surface area contributed by atoms with Gasteiger partial charge in [-0.15, -0.1) is 0 Å². The monoisotopic (exact) mass is 962 g/mol. The van der Waals surface area contributed by atoms with Gasteiger partial charge in [-0.05, 0) is 105 Å². The zero-order valence-corrected chi connectivity index (χ0v) is 43.5. The number of para-hydroxylation sites is 5. The molecule has 0 spiro atoms. The van der Waals surface area contributed by atoms with Crippen LogP contribution in [0.1, 0.15) is 0 Å². The molecule has 2 heterocycles. The largest absolute Gasteiger partial charge is 0.456 e. The van der Waals surface area contributed by atoms with Crippen molar-refractivity contribution >= 4 is 115 Å². The summed E-state index contributed by atoms with van der Waals surface area (Å²) >= 11 is 0. The van der Waals surface area contributed by atoms with Gasteiger partial charge in [-0.1, -0.05) is 189 Å². The highest BCUT2D eigenvalue weighted by atomic mass is 28.3. The minimum Gasteiger partial charge on any atom is -0.456 e. The molecule has 0 aliphatic carbocycles. The molecule has 0 saturated carbocycles. The fraction of sp³-hybridized carbons (Fsp3) is 0.0909. The van der Waals surface area contributed by atoms with Crippen LogP contribution < -0.4 is 24.9 Å². The zero-order valence-electron chi connectivity index (χ0n) is 41.5. The SMILES string of the molecule is C[Si](C)(C)c1ccc2c(N(c3ccccc3)c3cccc4c3oc3ccccc34)cc3c4cc([Si](C)(C)C)cc5c4c(cc3c2c1)-c1ccc(N(c2ccccc2)c2ccccc2-c2ccccc2)cc1O5. The smallest absolute Gasteiger partial charge is 0.159 e. The predicted octanol–water partition coefficient (Wildman–Crippen LogP) is 18.5. The third-order valence-electron chi connectivity index (χ3n) is 14.7. The Hall–Kier alpha value is -8.17. The van der Waals surface area contributed by atoms with E-state index in [1.54, 1.807) is 0 Å². The van der Waals surface area contributed by atoms with Crippen LogP contribution in [0.2, 0.25) is 39.3 Å². The van der Waals surface area contributed by atoms with Crippen molar-refractivity contribution in [2.45, 2.75) is 39.3 Å². The van der Waals surface area contributed by atoms with Gasteiger partial charge in [0.2, 0.25) is 0 Å². The van der Waals surface area contributed by atoms with Gasteiger partial charge in [0.15, 0.2) is 5.58 Å². The fourth-order valence-corrected chi connectivity index (χ4v) is 13.3. The molecule has 1 aliphatic rings. The Labute approximate surface area is 423 Å². The van der Waals surface area contributed by atoms with Gasteiger partial charge in [0, 0.05) is 55.8 Å². The molecule has 12 aromatic rings. The van der Waals surface area contributed by atoms with Crippen LogP contribution in [0.4, 0.5) is 34.1 Å². The highest BCUT2D eigenvalue weighted by molar-refractivity contribution is 6.89. The molecule has 0 fully saturated rings. The molecular formula is C66H54N2O2Si2. The molecule has 348 valence electrons. The van der Waals surface area contributed by atoms with Crippen molar-refractivity contribution in [3.8, 4) is 33.8 Å². The number of hydrogen-bond acceptors (Lipinski definition) is 4. The first-order valence-corrected chi connectivity index (χ1v) is 32.1. The molecule has 72 heavy (non-hydrogen) atoms. The normalized spacial score (nSPS) is 12.4. The minimum absolute atomic E-state index is 0.851. The molecule has 0 amide bonds. The molecule has 1 aliphatic heterocycles. The van der Waals surface area contributed by atoms with Crippen molar-refractivity contribution in [2.75, 3.05) is 9.80 Å². The summed E-state index contributed by atoms with van der Waals surface area (Å²) in [5.41, 5.74) is 12.7. The van der Waals surface area contributed by atoms with E-state index in [1.165, 1.54) is 48.4 Å². The Morgan fingerprint density at radius 1 is 0.333 bits per heavy atom. The predicted molar refractivity (Wildman–Crippen MR) is 313 cm³/mol. The summed E-state index contributed by atoms with van der Waals surface area (Å²) in [6, 6.07) is 79.7. The van der Waals surface area contributed by atoms with E-state index in [2.05, 4.69) is 267 Å². The molecule has 11 aromatic carbocycles. The van der Waals surface area contributed by atoms with Crippen LogP contribution in [0.3, 0.4) is 0 Å². The first-order valence-electron chi connectivity index (χ1n) is 25.1. The van der Waals surface area contributed by atoms with E-state index in [9.17, 15) is 0 Å². The van der Waals surface area contributed by atoms with Gasteiger partial charge in [0.25, 0.3) is 0 Å². The Morgan fingerprint density at radius 2 is 0.944 bits per heavy atom. The summed E-state index contributed by atoms with van der Waals surface area (Å²) in [7, 11) is -3.68. The molecule has 0 N–H and O–H groups in total. The van der Waals surface area contributed by atoms with E-state index >= 15 is 0 Å². The molecule has 1 aromatic heterocycles. The molecule has 0 radical (unpaired) electrons. The van der Waals surface area contributed by atoms with Crippen molar-refractivity contribution in [2.24, 2.45) is 0 Å². The third kappa shape index (κ3) is 7.24. The molecule has 0 atom stereocenters. The summed E-state index contributed by atoms with van der Waals surface area (Å²) in [6.45, 7) is 14.7. The van der Waals surface area contributed by atoms with E-state index in [0.29, 0.717) is 0 Å². The van der Waals surface area contributed by atoms with Crippen molar-refractivity contribution in [3.63, 3.8) is 0 Å². The summed E-state index contributed by atoms with van der Waals surface area (Å²) in [6.07, 6.45) is 0. The van der Waals surface area contributed by atoms with Crippen molar-refractivity contribution in [1.29, 1.82) is 0 Å². The van der Waals surface area contributed by atoms with Crippen molar-refractivity contribution in [3.05, 3.63) is 218 Å². The number of anilines is 6. The average molecular weight is 963 g/mol. The Kier molecular flexibility index (Phi) is 10.2. The van der Waals surface area contributed by atoms with E-state index in [4.69, 9.17) is 9.15 Å². The lowest BCUT2D eigenvalue weighted by Crippen LogP contribution is -2.37. The second-order valence-electron chi connectivity index (χ2n) is 21.3. The Balaban J connectivity index is 1.09. The first kappa shape index (κ1) is 43.8. The molecule has 4 nitrogen and oxygen atoms in total. The zero-order chi connectivity index (χ0) is 48.9. The Bertz CT molecular complexity index is 4100. The van der Waals surface area contributed by atoms with Gasteiger partial charge in [-0.2, -0.15) is 0 Å². The van der Waals surface area contributed by atoms with E-state index in [1.807, 2.05) is 0 Å². The summed E-state index contributed by atoms with van der Waals surface area (Å²) in [5, 5.41) is 12.2. The topological polar surface area (TPSA) is 28.9 Å². The highest BCUT2D eigenvalue weighted by Crippen LogP contribution is 2.54. The summed E-state index contributed by atoms with van der Waals surface area (Å²) in [4.78, 5) is 4.80. The van der Waals surface area contributed by atoms with E-state index in [-0.39, 0.29) is 0 Å². The van der Waals surface area contributed by atoms with Gasteiger partial charge in [-0.25, -0.2) is 0 Å². The average Bonchev–Trinajstić information content (AvgIpc) is 3.79. The van der Waals surface area contributed by atoms with Crippen LogP contribution in [-0.4, -0.2) is 16.1 Å². The molecule has 0 unspecified atom stereocenters. The Morgan fingerprint density at radius 3 is 1.69 bits per heavy atom. The highest BCUT2D eigenvalue weighted by Gasteiger charge is 2.30. The quantitative estimate of drug-likeness (QED) is 0.106. The van der Waals surface area contributed by atoms with E-state index < -0.39 is 16.1 Å². The van der Waals surface area contributed by atoms with Crippen LogP contribution >= 0.6 is 0 Å². The summed E-state index contributed by atoms with van der Waals surface area (Å²) in [5.74, 6) is 1.76. The van der Waals surface area contributed by atoms with Gasteiger partial charge >= 0.3 is 0 Å². The first-order chi connectivity index (χ1) is 35.0. The second-order valence-corrected chi connectivity index (χ2v) is 31.5. The van der Waals surface area contributed by atoms with Crippen LogP contribution in [0, 0.1) is 0 Å². The molecule has 0 bridgehead atoms. The fourth-order valence-electron chi connectivity index (χ4n) is 11.0. The van der Waals surface area contributed by atoms with E-state index in [0.717, 1.165) is 84.1 Å². The maximum Gasteiger partial charge on any atom is 0.159 e. The van der Waals surface area contributed by atoms with Gasteiger partial charge in [0.1, 0.15) is 17.1 Å². The van der Waals surface area contributed by atoms with Crippen LogP contribution in [0.5, 0.6) is 11.5 Å². The number of benzene rings is 11. The van der Waals surface area contributed by atoms with Crippen molar-refractivity contribution in [1.82, 2.24) is 0 Å². The minimum atomic E-state index is -1.91. The number of fused-ring (bicyclic) bond motifs is 9. The molecule has 6 heteroatoms. The van der Waals surface area contributed by atoms with Gasteiger partial charge in [-0.3, -0.25) is 0 Å².